The lowest BCUT2D eigenvalue weighted by Crippen LogP contribution is -2.27. The van der Waals surface area contributed by atoms with Gasteiger partial charge in [-0.3, -0.25) is 0 Å². The lowest BCUT2D eigenvalue weighted by molar-refractivity contribution is -0.188. The number of carbonyl (C=O) groups excluding carboxylic acids is 1. The van der Waals surface area contributed by atoms with Crippen LogP contribution in [0.25, 0.3) is 0 Å². The summed E-state index contributed by atoms with van der Waals surface area (Å²) in [6, 6.07) is 21.3. The van der Waals surface area contributed by atoms with E-state index in [0.29, 0.717) is 9.79 Å². The molecule has 0 atom stereocenters. The van der Waals surface area contributed by atoms with E-state index in [1.165, 1.54) is 12.1 Å². The lowest BCUT2D eigenvalue weighted by Gasteiger charge is -2.39. The third-order valence-corrected chi connectivity index (χ3v) is 6.94. The zero-order chi connectivity index (χ0) is 19.5. The molecule has 0 heterocycles. The molecule has 0 aromatic heterocycles. The second-order valence-electron chi connectivity index (χ2n) is 5.50. The Kier molecular flexibility index (Phi) is 5.23. The quantitative estimate of drug-likeness (QED) is 0.498. The summed E-state index contributed by atoms with van der Waals surface area (Å²) < 4.78 is 57.9. The molecule has 0 aliphatic heterocycles. The zero-order valence-electron chi connectivity index (χ0n) is 13.8. The molecule has 7 heteroatoms. The van der Waals surface area contributed by atoms with E-state index in [0.717, 1.165) is 12.1 Å². The van der Waals surface area contributed by atoms with Crippen LogP contribution in [0.4, 0.5) is 17.6 Å². The van der Waals surface area contributed by atoms with Crippen LogP contribution >= 0.6 is 10.3 Å². The van der Waals surface area contributed by atoms with Crippen molar-refractivity contribution in [3.05, 3.63) is 90.7 Å². The van der Waals surface area contributed by atoms with Gasteiger partial charge in [-0.05, 0) is 58.8 Å². The first-order chi connectivity index (χ1) is 12.8. The Bertz CT molecular complexity index is 871. The summed E-state index contributed by atoms with van der Waals surface area (Å²) in [5.74, 6) is -2.84. The summed E-state index contributed by atoms with van der Waals surface area (Å²) >= 11 is 0. The Hall–Kier alpha value is -2.80. The molecule has 0 N–H and O–H groups in total. The van der Waals surface area contributed by atoms with Gasteiger partial charge >= 0.3 is 12.1 Å². The van der Waals surface area contributed by atoms with Crippen LogP contribution in [0.15, 0.2) is 99.6 Å². The van der Waals surface area contributed by atoms with E-state index in [2.05, 4.69) is 0 Å². The van der Waals surface area contributed by atoms with Crippen LogP contribution < -0.4 is 0 Å². The minimum Gasteiger partial charge on any atom is -0.395 e. The Morgan fingerprint density at radius 1 is 0.704 bits per heavy atom. The predicted molar refractivity (Wildman–Crippen MR) is 93.8 cm³/mol. The van der Waals surface area contributed by atoms with Crippen molar-refractivity contribution in [2.75, 3.05) is 0 Å². The smallest absolute Gasteiger partial charge is 0.395 e. The molecule has 0 saturated heterocycles. The molecule has 0 unspecified atom stereocenters. The third-order valence-electron chi connectivity index (χ3n) is 3.73. The van der Waals surface area contributed by atoms with E-state index in [-0.39, 0.29) is 4.90 Å². The maximum absolute atomic E-state index is 13.5. The van der Waals surface area contributed by atoms with Gasteiger partial charge in [0.25, 0.3) is 0 Å². The van der Waals surface area contributed by atoms with E-state index < -0.39 is 28.3 Å². The molecule has 3 aromatic rings. The molecule has 0 saturated carbocycles. The minimum absolute atomic E-state index is 0.277. The van der Waals surface area contributed by atoms with E-state index in [1.807, 2.05) is 0 Å². The van der Waals surface area contributed by atoms with Gasteiger partial charge < -0.3 is 4.18 Å². The maximum atomic E-state index is 13.5. The average Bonchev–Trinajstić information content (AvgIpc) is 2.67. The van der Waals surface area contributed by atoms with Gasteiger partial charge in [0.05, 0.1) is 0 Å². The fraction of sp³-hybridized carbons (Fsp3) is 0.0500. The fourth-order valence-electron chi connectivity index (χ4n) is 2.56. The summed E-state index contributed by atoms with van der Waals surface area (Å²) in [6.45, 7) is 0. The predicted octanol–water partition coefficient (Wildman–Crippen LogP) is 6.13. The van der Waals surface area contributed by atoms with Crippen LogP contribution in [0.3, 0.4) is 0 Å². The number of benzene rings is 3. The average molecular weight is 394 g/mol. The minimum atomic E-state index is -5.16. The highest BCUT2D eigenvalue weighted by Gasteiger charge is 2.47. The van der Waals surface area contributed by atoms with Crippen molar-refractivity contribution in [3.63, 3.8) is 0 Å². The van der Waals surface area contributed by atoms with Crippen LogP contribution in [0, 0.1) is 5.82 Å². The summed E-state index contributed by atoms with van der Waals surface area (Å²) in [7, 11) is -3.07. The van der Waals surface area contributed by atoms with Crippen LogP contribution in [0.5, 0.6) is 0 Å². The summed E-state index contributed by atoms with van der Waals surface area (Å²) in [6.07, 6.45) is -5.16. The molecule has 0 amide bonds. The molecular weight excluding hydrogens is 380 g/mol. The molecular formula is C20H14F4O2S. The van der Waals surface area contributed by atoms with Crippen molar-refractivity contribution in [1.82, 2.24) is 0 Å². The van der Waals surface area contributed by atoms with Gasteiger partial charge in [-0.25, -0.2) is 9.18 Å². The summed E-state index contributed by atoms with van der Waals surface area (Å²) in [4.78, 5) is 12.9. The first kappa shape index (κ1) is 19.0. The molecule has 27 heavy (non-hydrogen) atoms. The Morgan fingerprint density at radius 3 is 1.52 bits per heavy atom. The van der Waals surface area contributed by atoms with E-state index in [1.54, 1.807) is 60.7 Å². The first-order valence-corrected chi connectivity index (χ1v) is 9.39. The Balaban J connectivity index is 2.31. The van der Waals surface area contributed by atoms with Gasteiger partial charge in [-0.1, -0.05) is 36.4 Å². The van der Waals surface area contributed by atoms with Crippen LogP contribution in [0.2, 0.25) is 0 Å². The highest BCUT2D eigenvalue weighted by molar-refractivity contribution is 8.30. The molecule has 2 nitrogen and oxygen atoms in total. The molecule has 0 aliphatic carbocycles. The van der Waals surface area contributed by atoms with Crippen molar-refractivity contribution in [3.8, 4) is 0 Å². The Labute approximate surface area is 154 Å². The standard InChI is InChI=1S/C20H14F4O2S/c21-15-11-13-18(14-12-15)27(16-7-3-1-4-8-16,17-9-5-2-6-10-17)26-19(25)20(22,23)24/h1-14H. The molecule has 3 rings (SSSR count). The normalized spacial score (nSPS) is 12.4. The van der Waals surface area contributed by atoms with Gasteiger partial charge in [0, 0.05) is 14.7 Å². The summed E-state index contributed by atoms with van der Waals surface area (Å²) in [5.41, 5.74) is 0. The molecule has 0 spiro atoms. The number of rotatable bonds is 4. The largest absolute Gasteiger partial charge is 0.491 e. The van der Waals surface area contributed by atoms with Gasteiger partial charge in [-0.2, -0.15) is 13.2 Å². The number of alkyl halides is 3. The Morgan fingerprint density at radius 2 is 1.11 bits per heavy atom. The van der Waals surface area contributed by atoms with Crippen LogP contribution in [-0.2, 0) is 8.98 Å². The van der Waals surface area contributed by atoms with Gasteiger partial charge in [-0.15, -0.1) is 0 Å². The lowest BCUT2D eigenvalue weighted by atomic mass is 10.3. The molecule has 0 fully saturated rings. The van der Waals surface area contributed by atoms with E-state index >= 15 is 0 Å². The molecule has 0 radical (unpaired) electrons. The number of carbonyl (C=O) groups is 1. The topological polar surface area (TPSA) is 26.3 Å². The highest BCUT2D eigenvalue weighted by Crippen LogP contribution is 2.69. The van der Waals surface area contributed by atoms with Crippen molar-refractivity contribution in [2.24, 2.45) is 0 Å². The zero-order valence-corrected chi connectivity index (χ0v) is 14.6. The molecule has 0 aliphatic rings. The molecule has 140 valence electrons. The molecule has 0 bridgehead atoms. The number of hydrogen-bond donors (Lipinski definition) is 0. The van der Waals surface area contributed by atoms with Gasteiger partial charge in [0.2, 0.25) is 0 Å². The van der Waals surface area contributed by atoms with Crippen LogP contribution in [0.1, 0.15) is 0 Å². The third kappa shape index (κ3) is 3.83. The molecule has 3 aromatic carbocycles. The summed E-state index contributed by atoms with van der Waals surface area (Å²) in [5, 5.41) is 0. The second-order valence-corrected chi connectivity index (χ2v) is 8.20. The second kappa shape index (κ2) is 7.44. The van der Waals surface area contributed by atoms with E-state index in [4.69, 9.17) is 4.18 Å². The van der Waals surface area contributed by atoms with Crippen molar-refractivity contribution >= 4 is 16.3 Å². The maximum Gasteiger partial charge on any atom is 0.491 e. The van der Waals surface area contributed by atoms with Gasteiger partial charge in [0.1, 0.15) is 5.82 Å². The SMILES string of the molecule is O=C(OS(c1ccccc1)(c1ccccc1)c1ccc(F)cc1)C(F)(F)F. The first-order valence-electron chi connectivity index (χ1n) is 7.84. The fourth-order valence-corrected chi connectivity index (χ4v) is 5.59. The van der Waals surface area contributed by atoms with Crippen LogP contribution in [-0.4, -0.2) is 12.1 Å². The number of hydrogen-bond acceptors (Lipinski definition) is 2. The number of halogens is 4. The van der Waals surface area contributed by atoms with Crippen molar-refractivity contribution in [2.45, 2.75) is 20.9 Å². The van der Waals surface area contributed by atoms with Crippen molar-refractivity contribution < 1.29 is 26.5 Å². The monoisotopic (exact) mass is 394 g/mol. The van der Waals surface area contributed by atoms with Crippen molar-refractivity contribution in [1.29, 1.82) is 0 Å². The van der Waals surface area contributed by atoms with Gasteiger partial charge in [0.15, 0.2) is 0 Å². The van der Waals surface area contributed by atoms with E-state index in [9.17, 15) is 22.4 Å². The highest BCUT2D eigenvalue weighted by atomic mass is 32.3.